The number of rotatable bonds is 5. The molecular weight excluding hydrogens is 200 g/mol. The van der Waals surface area contributed by atoms with Gasteiger partial charge in [-0.2, -0.15) is 0 Å². The van der Waals surface area contributed by atoms with Gasteiger partial charge < -0.3 is 4.74 Å². The topological polar surface area (TPSA) is 26.3 Å². The lowest BCUT2D eigenvalue weighted by Crippen LogP contribution is -2.31. The van der Waals surface area contributed by atoms with E-state index in [4.69, 9.17) is 4.74 Å². The zero-order valence-electron chi connectivity index (χ0n) is 11.0. The minimum atomic E-state index is 0.00973. The Hall–Kier alpha value is -0.530. The Labute approximate surface area is 99.8 Å². The predicted octanol–water partition coefficient (Wildman–Crippen LogP) is 3.93. The first-order valence-corrected chi connectivity index (χ1v) is 6.89. The van der Waals surface area contributed by atoms with Crippen LogP contribution in [0.3, 0.4) is 0 Å². The van der Waals surface area contributed by atoms with Crippen molar-refractivity contribution in [3.05, 3.63) is 0 Å². The lowest BCUT2D eigenvalue weighted by Gasteiger charge is -2.31. The van der Waals surface area contributed by atoms with Crippen LogP contribution in [0.25, 0.3) is 0 Å². The van der Waals surface area contributed by atoms with Gasteiger partial charge in [-0.15, -0.1) is 0 Å². The van der Waals surface area contributed by atoms with Crippen LogP contribution >= 0.6 is 0 Å². The summed E-state index contributed by atoms with van der Waals surface area (Å²) in [5.74, 6) is 0.687. The lowest BCUT2D eigenvalue weighted by atomic mass is 9.83. The third kappa shape index (κ3) is 3.80. The Morgan fingerprint density at radius 3 is 2.62 bits per heavy atom. The molecule has 1 saturated carbocycles. The minimum Gasteiger partial charge on any atom is -0.462 e. The maximum Gasteiger partial charge on any atom is 0.308 e. The van der Waals surface area contributed by atoms with E-state index in [1.165, 1.54) is 32.1 Å². The summed E-state index contributed by atoms with van der Waals surface area (Å²) in [7, 11) is 0. The van der Waals surface area contributed by atoms with Crippen LogP contribution in [0.15, 0.2) is 0 Å². The Morgan fingerprint density at radius 2 is 2.00 bits per heavy atom. The smallest absolute Gasteiger partial charge is 0.308 e. The van der Waals surface area contributed by atoms with Crippen molar-refractivity contribution in [2.24, 2.45) is 11.8 Å². The molecule has 0 amide bonds. The van der Waals surface area contributed by atoms with Gasteiger partial charge in [-0.05, 0) is 38.0 Å². The first-order chi connectivity index (χ1) is 7.69. The van der Waals surface area contributed by atoms with Crippen LogP contribution in [0.5, 0.6) is 0 Å². The molecule has 0 heterocycles. The van der Waals surface area contributed by atoms with Crippen LogP contribution in [-0.4, -0.2) is 12.1 Å². The molecule has 1 fully saturated rings. The molecule has 0 aromatic heterocycles. The monoisotopic (exact) mass is 226 g/mol. The van der Waals surface area contributed by atoms with Crippen LogP contribution in [0.2, 0.25) is 0 Å². The van der Waals surface area contributed by atoms with Gasteiger partial charge >= 0.3 is 5.97 Å². The van der Waals surface area contributed by atoms with Crippen LogP contribution < -0.4 is 0 Å². The molecule has 3 unspecified atom stereocenters. The number of hydrogen-bond donors (Lipinski definition) is 0. The maximum atomic E-state index is 11.8. The summed E-state index contributed by atoms with van der Waals surface area (Å²) in [4.78, 5) is 11.8. The van der Waals surface area contributed by atoms with Crippen LogP contribution in [0.1, 0.15) is 65.7 Å². The second kappa shape index (κ2) is 6.93. The molecular formula is C14H26O2. The molecule has 0 spiro atoms. The molecule has 0 radical (unpaired) electrons. The van der Waals surface area contributed by atoms with E-state index in [2.05, 4.69) is 6.92 Å². The number of esters is 1. The van der Waals surface area contributed by atoms with Crippen LogP contribution in [0, 0.1) is 11.8 Å². The summed E-state index contributed by atoms with van der Waals surface area (Å²) in [5.41, 5.74) is 0. The van der Waals surface area contributed by atoms with E-state index in [1.807, 2.05) is 13.8 Å². The standard InChI is InChI=1S/C14H26O2/c1-4-8-12-9-6-7-10-13(12)16-14(15)11(3)5-2/h11-13H,4-10H2,1-3H3. The largest absolute Gasteiger partial charge is 0.462 e. The molecule has 0 saturated heterocycles. The quantitative estimate of drug-likeness (QED) is 0.664. The number of carbonyl (C=O) groups is 1. The van der Waals surface area contributed by atoms with E-state index in [9.17, 15) is 4.79 Å². The average molecular weight is 226 g/mol. The van der Waals surface area contributed by atoms with Gasteiger partial charge in [-0.25, -0.2) is 0 Å². The molecule has 1 aliphatic rings. The SMILES string of the molecule is CCCC1CCCCC1OC(=O)C(C)CC. The normalized spacial score (nSPS) is 27.4. The Kier molecular flexibility index (Phi) is 5.86. The van der Waals surface area contributed by atoms with Gasteiger partial charge in [0.2, 0.25) is 0 Å². The van der Waals surface area contributed by atoms with E-state index in [0.717, 1.165) is 12.8 Å². The number of hydrogen-bond acceptors (Lipinski definition) is 2. The molecule has 0 bridgehead atoms. The fourth-order valence-electron chi connectivity index (χ4n) is 2.46. The maximum absolute atomic E-state index is 11.8. The predicted molar refractivity (Wildman–Crippen MR) is 66.2 cm³/mol. The minimum absolute atomic E-state index is 0.00973. The molecule has 16 heavy (non-hydrogen) atoms. The highest BCUT2D eigenvalue weighted by molar-refractivity contribution is 5.72. The average Bonchev–Trinajstić information content (AvgIpc) is 2.31. The number of carbonyl (C=O) groups excluding carboxylic acids is 1. The van der Waals surface area contributed by atoms with Crippen molar-refractivity contribution in [3.63, 3.8) is 0 Å². The van der Waals surface area contributed by atoms with Crippen LogP contribution in [0.4, 0.5) is 0 Å². The molecule has 1 aliphatic carbocycles. The van der Waals surface area contributed by atoms with Gasteiger partial charge in [0.25, 0.3) is 0 Å². The first-order valence-electron chi connectivity index (χ1n) is 6.89. The van der Waals surface area contributed by atoms with Crippen molar-refractivity contribution < 1.29 is 9.53 Å². The molecule has 94 valence electrons. The molecule has 0 N–H and O–H groups in total. The summed E-state index contributed by atoms with van der Waals surface area (Å²) in [5, 5.41) is 0. The molecule has 0 aliphatic heterocycles. The fraction of sp³-hybridized carbons (Fsp3) is 0.929. The summed E-state index contributed by atoms with van der Waals surface area (Å²) in [6.45, 7) is 6.21. The lowest BCUT2D eigenvalue weighted by molar-refractivity contribution is -0.158. The van der Waals surface area contributed by atoms with Crippen molar-refractivity contribution in [1.29, 1.82) is 0 Å². The third-order valence-corrected chi connectivity index (χ3v) is 3.78. The van der Waals surface area contributed by atoms with Crippen molar-refractivity contribution >= 4 is 5.97 Å². The number of ether oxygens (including phenoxy) is 1. The second-order valence-corrected chi connectivity index (χ2v) is 5.12. The third-order valence-electron chi connectivity index (χ3n) is 3.78. The summed E-state index contributed by atoms with van der Waals surface area (Å²) in [6.07, 6.45) is 8.33. The first kappa shape index (κ1) is 13.5. The van der Waals surface area contributed by atoms with E-state index in [1.54, 1.807) is 0 Å². The van der Waals surface area contributed by atoms with E-state index in [0.29, 0.717) is 5.92 Å². The fourth-order valence-corrected chi connectivity index (χ4v) is 2.46. The second-order valence-electron chi connectivity index (χ2n) is 5.12. The highest BCUT2D eigenvalue weighted by atomic mass is 16.5. The van der Waals surface area contributed by atoms with Crippen molar-refractivity contribution in [1.82, 2.24) is 0 Å². The van der Waals surface area contributed by atoms with Crippen molar-refractivity contribution in [2.75, 3.05) is 0 Å². The van der Waals surface area contributed by atoms with E-state index in [-0.39, 0.29) is 18.0 Å². The van der Waals surface area contributed by atoms with Gasteiger partial charge in [-0.3, -0.25) is 4.79 Å². The van der Waals surface area contributed by atoms with Gasteiger partial charge in [0.15, 0.2) is 0 Å². The van der Waals surface area contributed by atoms with Crippen molar-refractivity contribution in [2.45, 2.75) is 71.8 Å². The van der Waals surface area contributed by atoms with Gasteiger partial charge in [0, 0.05) is 0 Å². The molecule has 0 aromatic rings. The molecule has 1 rings (SSSR count). The van der Waals surface area contributed by atoms with Gasteiger partial charge in [-0.1, -0.05) is 33.6 Å². The highest BCUT2D eigenvalue weighted by Gasteiger charge is 2.28. The molecule has 0 aromatic carbocycles. The molecule has 3 atom stereocenters. The van der Waals surface area contributed by atoms with Crippen LogP contribution in [-0.2, 0) is 9.53 Å². The molecule has 2 heteroatoms. The summed E-state index contributed by atoms with van der Waals surface area (Å²) >= 11 is 0. The van der Waals surface area contributed by atoms with E-state index >= 15 is 0 Å². The van der Waals surface area contributed by atoms with Crippen molar-refractivity contribution in [3.8, 4) is 0 Å². The molecule has 2 nitrogen and oxygen atoms in total. The summed E-state index contributed by atoms with van der Waals surface area (Å²) < 4.78 is 5.67. The zero-order chi connectivity index (χ0) is 12.0. The Bertz CT molecular complexity index is 211. The van der Waals surface area contributed by atoms with Gasteiger partial charge in [0.1, 0.15) is 6.10 Å². The van der Waals surface area contributed by atoms with Gasteiger partial charge in [0.05, 0.1) is 5.92 Å². The van der Waals surface area contributed by atoms with E-state index < -0.39 is 0 Å². The Balaban J connectivity index is 2.45. The zero-order valence-corrected chi connectivity index (χ0v) is 11.0. The Morgan fingerprint density at radius 1 is 1.31 bits per heavy atom. The highest BCUT2D eigenvalue weighted by Crippen LogP contribution is 2.30. The summed E-state index contributed by atoms with van der Waals surface area (Å²) in [6, 6.07) is 0.